The third-order valence-electron chi connectivity index (χ3n) is 2.83. The third-order valence-corrected chi connectivity index (χ3v) is 2.83. The van der Waals surface area contributed by atoms with Crippen LogP contribution < -0.4 is 4.90 Å². The molecular formula is C12H15F2N. The van der Waals surface area contributed by atoms with Crippen LogP contribution in [0.15, 0.2) is 12.1 Å². The van der Waals surface area contributed by atoms with Crippen molar-refractivity contribution in [3.63, 3.8) is 0 Å². The molecular weight excluding hydrogens is 196 g/mol. The van der Waals surface area contributed by atoms with Gasteiger partial charge in [0, 0.05) is 24.8 Å². The Bertz CT molecular complexity index is 363. The zero-order valence-corrected chi connectivity index (χ0v) is 8.89. The van der Waals surface area contributed by atoms with Crippen molar-refractivity contribution in [2.75, 3.05) is 18.0 Å². The quantitative estimate of drug-likeness (QED) is 0.726. The Kier molecular flexibility index (Phi) is 2.89. The first kappa shape index (κ1) is 10.4. The Morgan fingerprint density at radius 2 is 2.00 bits per heavy atom. The molecule has 1 nitrogen and oxygen atoms in total. The van der Waals surface area contributed by atoms with Gasteiger partial charge < -0.3 is 4.90 Å². The molecule has 0 saturated heterocycles. The van der Waals surface area contributed by atoms with Gasteiger partial charge in [-0.15, -0.1) is 0 Å². The van der Waals surface area contributed by atoms with Gasteiger partial charge in [0.1, 0.15) is 0 Å². The fraction of sp³-hybridized carbons (Fsp3) is 0.500. The summed E-state index contributed by atoms with van der Waals surface area (Å²) < 4.78 is 26.1. The van der Waals surface area contributed by atoms with E-state index >= 15 is 0 Å². The van der Waals surface area contributed by atoms with E-state index in [0.29, 0.717) is 0 Å². The van der Waals surface area contributed by atoms with Gasteiger partial charge in [0.2, 0.25) is 0 Å². The summed E-state index contributed by atoms with van der Waals surface area (Å²) in [4.78, 5) is 2.14. The standard InChI is InChI=1S/C12H15F2N/c1-2-5-15-6-3-4-9-7-10(13)11(14)8-12(9)15/h7-8H,2-6H2,1H3. The second-order valence-corrected chi connectivity index (χ2v) is 3.99. The summed E-state index contributed by atoms with van der Waals surface area (Å²) in [5.74, 6) is -1.47. The number of rotatable bonds is 2. The summed E-state index contributed by atoms with van der Waals surface area (Å²) in [5.41, 5.74) is 1.82. The minimum atomic E-state index is -0.739. The summed E-state index contributed by atoms with van der Waals surface area (Å²) in [7, 11) is 0. The van der Waals surface area contributed by atoms with E-state index in [0.717, 1.165) is 43.6 Å². The lowest BCUT2D eigenvalue weighted by Crippen LogP contribution is -2.30. The highest BCUT2D eigenvalue weighted by Gasteiger charge is 2.18. The highest BCUT2D eigenvalue weighted by atomic mass is 19.2. The highest BCUT2D eigenvalue weighted by molar-refractivity contribution is 5.55. The van der Waals surface area contributed by atoms with Crippen LogP contribution in [-0.2, 0) is 6.42 Å². The number of halogens is 2. The first-order chi connectivity index (χ1) is 7.22. The number of benzene rings is 1. The van der Waals surface area contributed by atoms with Crippen molar-refractivity contribution in [1.29, 1.82) is 0 Å². The number of aryl methyl sites for hydroxylation is 1. The molecule has 0 N–H and O–H groups in total. The molecule has 1 heterocycles. The minimum Gasteiger partial charge on any atom is -0.371 e. The largest absolute Gasteiger partial charge is 0.371 e. The highest BCUT2D eigenvalue weighted by Crippen LogP contribution is 2.29. The van der Waals surface area contributed by atoms with E-state index in [1.54, 1.807) is 0 Å². The van der Waals surface area contributed by atoms with Crippen molar-refractivity contribution in [1.82, 2.24) is 0 Å². The maximum Gasteiger partial charge on any atom is 0.160 e. The molecule has 0 fully saturated rings. The smallest absolute Gasteiger partial charge is 0.160 e. The molecule has 3 heteroatoms. The Balaban J connectivity index is 2.38. The summed E-state index contributed by atoms with van der Waals surface area (Å²) in [6.07, 6.45) is 2.91. The molecule has 0 saturated carbocycles. The van der Waals surface area contributed by atoms with E-state index in [2.05, 4.69) is 11.8 Å². The minimum absolute atomic E-state index is 0.730. The molecule has 0 radical (unpaired) electrons. The lowest BCUT2D eigenvalue weighted by atomic mass is 10.0. The van der Waals surface area contributed by atoms with E-state index in [4.69, 9.17) is 0 Å². The van der Waals surface area contributed by atoms with Gasteiger partial charge in [0.15, 0.2) is 11.6 Å². The van der Waals surface area contributed by atoms with E-state index < -0.39 is 11.6 Å². The molecule has 82 valence electrons. The monoisotopic (exact) mass is 211 g/mol. The number of hydrogen-bond acceptors (Lipinski definition) is 1. The van der Waals surface area contributed by atoms with Crippen LogP contribution in [0.2, 0.25) is 0 Å². The van der Waals surface area contributed by atoms with Crippen LogP contribution in [0.25, 0.3) is 0 Å². The van der Waals surface area contributed by atoms with Crippen LogP contribution in [0.4, 0.5) is 14.5 Å². The van der Waals surface area contributed by atoms with Crippen LogP contribution in [-0.4, -0.2) is 13.1 Å². The summed E-state index contributed by atoms with van der Waals surface area (Å²) >= 11 is 0. The first-order valence-electron chi connectivity index (χ1n) is 5.45. The lowest BCUT2D eigenvalue weighted by Gasteiger charge is -2.31. The molecule has 1 aliphatic rings. The van der Waals surface area contributed by atoms with Gasteiger partial charge in [-0.25, -0.2) is 8.78 Å². The van der Waals surface area contributed by atoms with Gasteiger partial charge in [0.25, 0.3) is 0 Å². The van der Waals surface area contributed by atoms with E-state index in [9.17, 15) is 8.78 Å². The molecule has 0 amide bonds. The summed E-state index contributed by atoms with van der Waals surface area (Å²) in [6.45, 7) is 3.96. The lowest BCUT2D eigenvalue weighted by molar-refractivity contribution is 0.504. The van der Waals surface area contributed by atoms with E-state index in [-0.39, 0.29) is 0 Å². The number of hydrogen-bond donors (Lipinski definition) is 0. The molecule has 1 aliphatic heterocycles. The van der Waals surface area contributed by atoms with Gasteiger partial charge in [-0.2, -0.15) is 0 Å². The second kappa shape index (κ2) is 4.17. The summed E-state index contributed by atoms with van der Waals surface area (Å²) in [5, 5.41) is 0. The van der Waals surface area contributed by atoms with Crippen molar-refractivity contribution in [3.8, 4) is 0 Å². The average Bonchev–Trinajstić information content (AvgIpc) is 2.21. The van der Waals surface area contributed by atoms with Gasteiger partial charge in [-0.3, -0.25) is 0 Å². The molecule has 0 bridgehead atoms. The van der Waals surface area contributed by atoms with Crippen LogP contribution in [0.5, 0.6) is 0 Å². The SMILES string of the molecule is CCCN1CCCc2cc(F)c(F)cc21. The van der Waals surface area contributed by atoms with Crippen LogP contribution in [0, 0.1) is 11.6 Å². The molecule has 0 unspecified atom stereocenters. The van der Waals surface area contributed by atoms with E-state index in [1.165, 1.54) is 12.1 Å². The van der Waals surface area contributed by atoms with Gasteiger partial charge in [-0.1, -0.05) is 6.92 Å². The van der Waals surface area contributed by atoms with Crippen molar-refractivity contribution >= 4 is 5.69 Å². The second-order valence-electron chi connectivity index (χ2n) is 3.99. The average molecular weight is 211 g/mol. The van der Waals surface area contributed by atoms with Crippen molar-refractivity contribution in [2.24, 2.45) is 0 Å². The number of fused-ring (bicyclic) bond motifs is 1. The molecule has 1 aromatic carbocycles. The normalized spacial score (nSPS) is 15.3. The predicted molar refractivity (Wildman–Crippen MR) is 57.2 cm³/mol. The van der Waals surface area contributed by atoms with Gasteiger partial charge in [-0.05, 0) is 30.9 Å². The molecule has 0 spiro atoms. The first-order valence-corrected chi connectivity index (χ1v) is 5.45. The topological polar surface area (TPSA) is 3.24 Å². The van der Waals surface area contributed by atoms with Gasteiger partial charge >= 0.3 is 0 Å². The predicted octanol–water partition coefficient (Wildman–Crippen LogP) is 3.13. The fourth-order valence-electron chi connectivity index (χ4n) is 2.16. The molecule has 2 rings (SSSR count). The molecule has 15 heavy (non-hydrogen) atoms. The van der Waals surface area contributed by atoms with Crippen LogP contribution >= 0.6 is 0 Å². The Morgan fingerprint density at radius 3 is 2.73 bits per heavy atom. The van der Waals surface area contributed by atoms with Gasteiger partial charge in [0.05, 0.1) is 0 Å². The summed E-state index contributed by atoms with van der Waals surface area (Å²) in [6, 6.07) is 2.67. The molecule has 1 aromatic rings. The van der Waals surface area contributed by atoms with E-state index in [1.807, 2.05) is 0 Å². The molecule has 0 aromatic heterocycles. The number of anilines is 1. The fourth-order valence-corrected chi connectivity index (χ4v) is 2.16. The van der Waals surface area contributed by atoms with Crippen molar-refractivity contribution in [2.45, 2.75) is 26.2 Å². The van der Waals surface area contributed by atoms with Crippen molar-refractivity contribution in [3.05, 3.63) is 29.3 Å². The van der Waals surface area contributed by atoms with Crippen LogP contribution in [0.3, 0.4) is 0 Å². The Hall–Kier alpha value is -1.12. The zero-order chi connectivity index (χ0) is 10.8. The number of nitrogens with zero attached hydrogens (tertiary/aromatic N) is 1. The zero-order valence-electron chi connectivity index (χ0n) is 8.89. The molecule has 0 aliphatic carbocycles. The van der Waals surface area contributed by atoms with Crippen LogP contribution in [0.1, 0.15) is 25.3 Å². The third kappa shape index (κ3) is 1.96. The Morgan fingerprint density at radius 1 is 1.27 bits per heavy atom. The maximum atomic E-state index is 13.1. The van der Waals surface area contributed by atoms with Crippen molar-refractivity contribution < 1.29 is 8.78 Å². The Labute approximate surface area is 88.7 Å². The maximum absolute atomic E-state index is 13.1. The molecule has 0 atom stereocenters.